The Kier molecular flexibility index (Phi) is 3.12. The first-order chi connectivity index (χ1) is 7.59. The van der Waals surface area contributed by atoms with Gasteiger partial charge in [0.2, 0.25) is 0 Å². The van der Waals surface area contributed by atoms with E-state index in [0.717, 1.165) is 19.3 Å². The molecule has 1 aliphatic carbocycles. The maximum absolute atomic E-state index is 10.9. The fourth-order valence-corrected chi connectivity index (χ4v) is 2.19. The quantitative estimate of drug-likeness (QED) is 0.652. The van der Waals surface area contributed by atoms with Gasteiger partial charge in [0.1, 0.15) is 0 Å². The van der Waals surface area contributed by atoms with Gasteiger partial charge in [-0.2, -0.15) is 0 Å². The molecule has 4 nitrogen and oxygen atoms in total. The summed E-state index contributed by atoms with van der Waals surface area (Å²) >= 11 is 5.85. The Hall–Kier alpha value is -1.13. The third-order valence-corrected chi connectivity index (χ3v) is 3.44. The lowest BCUT2D eigenvalue weighted by Gasteiger charge is -2.31. The van der Waals surface area contributed by atoms with Crippen LogP contribution in [0.15, 0.2) is 18.2 Å². The first-order valence-electron chi connectivity index (χ1n) is 5.29. The Morgan fingerprint density at radius 1 is 1.50 bits per heavy atom. The molecule has 0 radical (unpaired) electrons. The highest BCUT2D eigenvalue weighted by Gasteiger charge is 2.30. The lowest BCUT2D eigenvalue weighted by Crippen LogP contribution is -2.27. The van der Waals surface area contributed by atoms with E-state index in [0.29, 0.717) is 16.5 Å². The molecule has 16 heavy (non-hydrogen) atoms. The Labute approximate surface area is 98.5 Å². The summed E-state index contributed by atoms with van der Waals surface area (Å²) in [5.41, 5.74) is 6.68. The molecule has 0 aromatic heterocycles. The average Bonchev–Trinajstić information content (AvgIpc) is 2.14. The standard InChI is InChI=1S/C11H13ClN2O2/c12-8-4-5-10(14(15)16)9(6-8)11(13)7-2-1-3-7/h4-7,11H,1-3,13H2/t11-/m1/s1. The molecule has 1 saturated carbocycles. The van der Waals surface area contributed by atoms with Gasteiger partial charge in [-0.25, -0.2) is 0 Å². The average molecular weight is 241 g/mol. The molecular weight excluding hydrogens is 228 g/mol. The molecule has 0 saturated heterocycles. The number of nitro benzene ring substituents is 1. The van der Waals surface area contributed by atoms with E-state index in [1.807, 2.05) is 0 Å². The molecule has 86 valence electrons. The minimum atomic E-state index is -0.399. The van der Waals surface area contributed by atoms with Crippen molar-refractivity contribution in [3.05, 3.63) is 38.9 Å². The van der Waals surface area contributed by atoms with Crippen molar-refractivity contribution in [2.75, 3.05) is 0 Å². The summed E-state index contributed by atoms with van der Waals surface area (Å²) in [6.07, 6.45) is 3.25. The molecule has 5 heteroatoms. The molecule has 0 bridgehead atoms. The molecule has 1 aromatic rings. The molecule has 2 N–H and O–H groups in total. The Bertz CT molecular complexity index is 418. The van der Waals surface area contributed by atoms with Crippen molar-refractivity contribution in [2.45, 2.75) is 25.3 Å². The van der Waals surface area contributed by atoms with Crippen LogP contribution in [0.1, 0.15) is 30.9 Å². The Morgan fingerprint density at radius 3 is 2.69 bits per heavy atom. The topological polar surface area (TPSA) is 69.2 Å². The summed E-state index contributed by atoms with van der Waals surface area (Å²) in [5.74, 6) is 0.358. The van der Waals surface area contributed by atoms with Gasteiger partial charge in [0.05, 0.1) is 4.92 Å². The number of hydrogen-bond acceptors (Lipinski definition) is 3. The van der Waals surface area contributed by atoms with Crippen LogP contribution < -0.4 is 5.73 Å². The number of benzene rings is 1. The second kappa shape index (κ2) is 4.39. The van der Waals surface area contributed by atoms with Crippen molar-refractivity contribution < 1.29 is 4.92 Å². The summed E-state index contributed by atoms with van der Waals surface area (Å²) in [6, 6.07) is 4.29. The zero-order valence-corrected chi connectivity index (χ0v) is 9.48. The van der Waals surface area contributed by atoms with Crippen LogP contribution in [0.2, 0.25) is 5.02 Å². The van der Waals surface area contributed by atoms with Crippen molar-refractivity contribution >= 4 is 17.3 Å². The van der Waals surface area contributed by atoms with Gasteiger partial charge in [-0.3, -0.25) is 10.1 Å². The van der Waals surface area contributed by atoms with Crippen molar-refractivity contribution in [3.63, 3.8) is 0 Å². The zero-order chi connectivity index (χ0) is 11.7. The monoisotopic (exact) mass is 240 g/mol. The number of hydrogen-bond donors (Lipinski definition) is 1. The van der Waals surface area contributed by atoms with E-state index < -0.39 is 4.92 Å². The smallest absolute Gasteiger partial charge is 0.274 e. The maximum Gasteiger partial charge on any atom is 0.274 e. The molecule has 0 heterocycles. The molecule has 0 amide bonds. The van der Waals surface area contributed by atoms with E-state index in [1.54, 1.807) is 6.07 Å². The molecular formula is C11H13ClN2O2. The third-order valence-electron chi connectivity index (χ3n) is 3.20. The van der Waals surface area contributed by atoms with Crippen LogP contribution in [-0.2, 0) is 0 Å². The van der Waals surface area contributed by atoms with E-state index in [1.165, 1.54) is 12.1 Å². The van der Waals surface area contributed by atoms with Crippen LogP contribution in [0.25, 0.3) is 0 Å². The predicted octanol–water partition coefficient (Wildman–Crippen LogP) is 3.05. The molecule has 0 aliphatic heterocycles. The largest absolute Gasteiger partial charge is 0.324 e. The lowest BCUT2D eigenvalue weighted by atomic mass is 9.77. The third kappa shape index (κ3) is 2.03. The van der Waals surface area contributed by atoms with Crippen LogP contribution in [0.5, 0.6) is 0 Å². The zero-order valence-electron chi connectivity index (χ0n) is 8.73. The first kappa shape index (κ1) is 11.4. The second-order valence-corrected chi connectivity index (χ2v) is 4.61. The molecule has 0 unspecified atom stereocenters. The SMILES string of the molecule is N[C@@H](c1cc(Cl)ccc1[N+](=O)[O-])C1CCC1. The van der Waals surface area contributed by atoms with Gasteiger partial charge in [-0.15, -0.1) is 0 Å². The second-order valence-electron chi connectivity index (χ2n) is 4.18. The number of rotatable bonds is 3. The van der Waals surface area contributed by atoms with Gasteiger partial charge in [0.25, 0.3) is 5.69 Å². The van der Waals surface area contributed by atoms with Crippen molar-refractivity contribution in [1.29, 1.82) is 0 Å². The van der Waals surface area contributed by atoms with E-state index in [9.17, 15) is 10.1 Å². The highest BCUT2D eigenvalue weighted by Crippen LogP contribution is 2.39. The molecule has 1 fully saturated rings. The molecule has 1 aromatic carbocycles. The lowest BCUT2D eigenvalue weighted by molar-refractivity contribution is -0.385. The van der Waals surface area contributed by atoms with Crippen LogP contribution in [0, 0.1) is 16.0 Å². The fraction of sp³-hybridized carbons (Fsp3) is 0.455. The minimum absolute atomic E-state index is 0.0730. The van der Waals surface area contributed by atoms with Crippen LogP contribution in [-0.4, -0.2) is 4.92 Å². The van der Waals surface area contributed by atoms with Crippen molar-refractivity contribution in [2.24, 2.45) is 11.7 Å². The number of halogens is 1. The normalized spacial score (nSPS) is 17.9. The van der Waals surface area contributed by atoms with Gasteiger partial charge < -0.3 is 5.73 Å². The van der Waals surface area contributed by atoms with Crippen LogP contribution in [0.3, 0.4) is 0 Å². The predicted molar refractivity (Wildman–Crippen MR) is 62.4 cm³/mol. The molecule has 0 spiro atoms. The van der Waals surface area contributed by atoms with Crippen molar-refractivity contribution in [1.82, 2.24) is 0 Å². The van der Waals surface area contributed by atoms with Gasteiger partial charge in [0.15, 0.2) is 0 Å². The maximum atomic E-state index is 10.9. The van der Waals surface area contributed by atoms with Crippen LogP contribution in [0.4, 0.5) is 5.69 Å². The van der Waals surface area contributed by atoms with Gasteiger partial charge >= 0.3 is 0 Å². The first-order valence-corrected chi connectivity index (χ1v) is 5.67. The van der Waals surface area contributed by atoms with Crippen LogP contribution >= 0.6 is 11.6 Å². The van der Waals surface area contributed by atoms with Gasteiger partial charge in [0, 0.05) is 22.7 Å². The number of nitrogens with zero attached hydrogens (tertiary/aromatic N) is 1. The van der Waals surface area contributed by atoms with E-state index in [4.69, 9.17) is 17.3 Å². The molecule has 1 aliphatic rings. The minimum Gasteiger partial charge on any atom is -0.324 e. The van der Waals surface area contributed by atoms with Gasteiger partial charge in [-0.05, 0) is 30.9 Å². The summed E-state index contributed by atoms with van der Waals surface area (Å²) in [4.78, 5) is 10.5. The molecule has 1 atom stereocenters. The Balaban J connectivity index is 2.36. The highest BCUT2D eigenvalue weighted by molar-refractivity contribution is 6.30. The van der Waals surface area contributed by atoms with E-state index in [-0.39, 0.29) is 11.7 Å². The highest BCUT2D eigenvalue weighted by atomic mass is 35.5. The summed E-state index contributed by atoms with van der Waals surface area (Å²) in [7, 11) is 0. The summed E-state index contributed by atoms with van der Waals surface area (Å²) in [5, 5.41) is 11.4. The Morgan fingerprint density at radius 2 is 2.19 bits per heavy atom. The van der Waals surface area contributed by atoms with Crippen molar-refractivity contribution in [3.8, 4) is 0 Å². The van der Waals surface area contributed by atoms with E-state index in [2.05, 4.69) is 0 Å². The van der Waals surface area contributed by atoms with E-state index >= 15 is 0 Å². The number of nitrogens with two attached hydrogens (primary N) is 1. The summed E-state index contributed by atoms with van der Waals surface area (Å²) < 4.78 is 0. The van der Waals surface area contributed by atoms with Gasteiger partial charge in [-0.1, -0.05) is 18.0 Å². The number of nitro groups is 1. The summed E-state index contributed by atoms with van der Waals surface area (Å²) in [6.45, 7) is 0. The fourth-order valence-electron chi connectivity index (χ4n) is 2.01. The molecule has 2 rings (SSSR count).